The van der Waals surface area contributed by atoms with Crippen molar-refractivity contribution in [2.24, 2.45) is 0 Å². The van der Waals surface area contributed by atoms with Gasteiger partial charge in [0.05, 0.1) is 19.1 Å². The molecule has 3 rings (SSSR count). The summed E-state index contributed by atoms with van der Waals surface area (Å²) in [7, 11) is 1.58. The van der Waals surface area contributed by atoms with E-state index in [2.05, 4.69) is 15.1 Å². The number of methoxy groups -OCH3 is 1. The van der Waals surface area contributed by atoms with E-state index in [0.717, 1.165) is 24.8 Å². The first-order valence-corrected chi connectivity index (χ1v) is 6.75. The molecule has 2 unspecified atom stereocenters. The smallest absolute Gasteiger partial charge is 0.232 e. The van der Waals surface area contributed by atoms with Crippen molar-refractivity contribution in [2.75, 3.05) is 7.11 Å². The highest BCUT2D eigenvalue weighted by atomic mass is 16.5. The molecule has 1 aliphatic carbocycles. The van der Waals surface area contributed by atoms with Crippen molar-refractivity contribution in [1.29, 1.82) is 0 Å². The van der Waals surface area contributed by atoms with Crippen molar-refractivity contribution in [2.45, 2.75) is 37.7 Å². The summed E-state index contributed by atoms with van der Waals surface area (Å²) in [6.45, 7) is 0. The lowest BCUT2D eigenvalue weighted by molar-refractivity contribution is 0.148. The second-order valence-electron chi connectivity index (χ2n) is 5.04. The monoisotopic (exact) mass is 275 g/mol. The lowest BCUT2D eigenvalue weighted by Crippen LogP contribution is -2.11. The van der Waals surface area contributed by atoms with Crippen LogP contribution in [0.3, 0.4) is 0 Å². The predicted molar refractivity (Wildman–Crippen MR) is 70.5 cm³/mol. The minimum absolute atomic E-state index is 0.00903. The Balaban J connectivity index is 1.70. The molecule has 1 fully saturated rings. The van der Waals surface area contributed by atoms with Gasteiger partial charge in [0.2, 0.25) is 11.8 Å². The van der Waals surface area contributed by atoms with Crippen molar-refractivity contribution < 1.29 is 14.4 Å². The van der Waals surface area contributed by atoms with Crippen LogP contribution in [0.5, 0.6) is 5.88 Å². The number of aliphatic hydroxyl groups is 1. The van der Waals surface area contributed by atoms with Crippen LogP contribution in [0.4, 0.5) is 0 Å². The zero-order valence-corrected chi connectivity index (χ0v) is 11.3. The van der Waals surface area contributed by atoms with E-state index < -0.39 is 0 Å². The van der Waals surface area contributed by atoms with E-state index in [1.165, 1.54) is 0 Å². The Morgan fingerprint density at radius 3 is 2.95 bits per heavy atom. The van der Waals surface area contributed by atoms with Crippen molar-refractivity contribution in [3.05, 3.63) is 35.6 Å². The average molecular weight is 275 g/mol. The fraction of sp³-hybridized carbons (Fsp3) is 0.500. The topological polar surface area (TPSA) is 81.3 Å². The molecular formula is C14H17N3O3. The molecular weight excluding hydrogens is 258 g/mol. The van der Waals surface area contributed by atoms with Gasteiger partial charge < -0.3 is 14.4 Å². The number of rotatable bonds is 4. The molecule has 0 aliphatic heterocycles. The van der Waals surface area contributed by atoms with Crippen LogP contribution in [0.1, 0.15) is 42.5 Å². The van der Waals surface area contributed by atoms with Crippen LogP contribution in [-0.4, -0.2) is 33.4 Å². The normalized spacial score (nSPS) is 22.1. The van der Waals surface area contributed by atoms with Crippen molar-refractivity contribution in [1.82, 2.24) is 15.1 Å². The van der Waals surface area contributed by atoms with Crippen molar-refractivity contribution >= 4 is 0 Å². The third-order valence-electron chi connectivity index (χ3n) is 3.65. The second kappa shape index (κ2) is 5.58. The molecule has 0 radical (unpaired) electrons. The van der Waals surface area contributed by atoms with Crippen LogP contribution >= 0.6 is 0 Å². The molecule has 20 heavy (non-hydrogen) atoms. The standard InChI is InChI=1S/C14H17N3O3/c1-19-13-6-5-9(8-15-13)7-12-16-14(20-17-12)10-3-2-4-11(10)18/h5-6,8,10-11,18H,2-4,7H2,1H3. The molecule has 106 valence electrons. The van der Waals surface area contributed by atoms with Crippen molar-refractivity contribution in [3.63, 3.8) is 0 Å². The van der Waals surface area contributed by atoms with E-state index >= 15 is 0 Å². The zero-order valence-electron chi connectivity index (χ0n) is 11.3. The molecule has 0 amide bonds. The fourth-order valence-electron chi connectivity index (χ4n) is 2.54. The largest absolute Gasteiger partial charge is 0.481 e. The third-order valence-corrected chi connectivity index (χ3v) is 3.65. The van der Waals surface area contributed by atoms with Crippen LogP contribution in [0.15, 0.2) is 22.9 Å². The zero-order chi connectivity index (χ0) is 13.9. The van der Waals surface area contributed by atoms with Gasteiger partial charge in [0.25, 0.3) is 0 Å². The first-order chi connectivity index (χ1) is 9.76. The van der Waals surface area contributed by atoms with Crippen LogP contribution in [-0.2, 0) is 6.42 Å². The van der Waals surface area contributed by atoms with Gasteiger partial charge in [-0.1, -0.05) is 11.2 Å². The Hall–Kier alpha value is -1.95. The summed E-state index contributed by atoms with van der Waals surface area (Å²) in [4.78, 5) is 8.52. The maximum Gasteiger partial charge on any atom is 0.232 e. The summed E-state index contributed by atoms with van der Waals surface area (Å²) < 4.78 is 10.3. The molecule has 2 heterocycles. The summed E-state index contributed by atoms with van der Waals surface area (Å²) >= 11 is 0. The van der Waals surface area contributed by atoms with Gasteiger partial charge in [-0.2, -0.15) is 4.98 Å². The van der Waals surface area contributed by atoms with Crippen molar-refractivity contribution in [3.8, 4) is 5.88 Å². The highest BCUT2D eigenvalue weighted by Gasteiger charge is 2.31. The molecule has 0 spiro atoms. The van der Waals surface area contributed by atoms with Crippen LogP contribution < -0.4 is 4.74 Å². The summed E-state index contributed by atoms with van der Waals surface area (Å²) in [5.41, 5.74) is 0.991. The second-order valence-corrected chi connectivity index (χ2v) is 5.04. The number of ether oxygens (including phenoxy) is 1. The lowest BCUT2D eigenvalue weighted by atomic mass is 10.1. The molecule has 1 N–H and O–H groups in total. The molecule has 6 nitrogen and oxygen atoms in total. The van der Waals surface area contributed by atoms with E-state index in [0.29, 0.717) is 24.0 Å². The van der Waals surface area contributed by atoms with Gasteiger partial charge in [-0.25, -0.2) is 4.98 Å². The summed E-state index contributed by atoms with van der Waals surface area (Å²) in [6.07, 6.45) is 4.66. The molecule has 0 bridgehead atoms. The molecule has 1 aliphatic rings. The van der Waals surface area contributed by atoms with E-state index in [4.69, 9.17) is 9.26 Å². The van der Waals surface area contributed by atoms with Crippen LogP contribution in [0, 0.1) is 0 Å². The van der Waals surface area contributed by atoms with Gasteiger partial charge in [0.1, 0.15) is 0 Å². The number of aromatic nitrogens is 3. The minimum atomic E-state index is -0.356. The molecule has 2 atom stereocenters. The summed E-state index contributed by atoms with van der Waals surface area (Å²) in [6, 6.07) is 3.73. The number of aliphatic hydroxyl groups excluding tert-OH is 1. The minimum Gasteiger partial charge on any atom is -0.481 e. The van der Waals surface area contributed by atoms with E-state index in [1.807, 2.05) is 6.07 Å². The maximum atomic E-state index is 9.85. The molecule has 2 aromatic rings. The van der Waals surface area contributed by atoms with Gasteiger partial charge in [-0.05, 0) is 24.8 Å². The Bertz CT molecular complexity index is 567. The Kier molecular flexibility index (Phi) is 3.64. The van der Waals surface area contributed by atoms with E-state index in [1.54, 1.807) is 19.4 Å². The molecule has 0 saturated heterocycles. The van der Waals surface area contributed by atoms with Gasteiger partial charge in [-0.15, -0.1) is 0 Å². The highest BCUT2D eigenvalue weighted by molar-refractivity contribution is 5.20. The molecule has 2 aromatic heterocycles. The quantitative estimate of drug-likeness (QED) is 0.914. The molecule has 1 saturated carbocycles. The number of hydrogen-bond donors (Lipinski definition) is 1. The summed E-state index contributed by atoms with van der Waals surface area (Å²) in [5, 5.41) is 13.8. The average Bonchev–Trinajstić information content (AvgIpc) is 3.08. The molecule has 6 heteroatoms. The van der Waals surface area contributed by atoms with E-state index in [-0.39, 0.29) is 12.0 Å². The SMILES string of the molecule is COc1ccc(Cc2noc(C3CCCC3O)n2)cn1. The molecule has 0 aromatic carbocycles. The third kappa shape index (κ3) is 2.65. The highest BCUT2D eigenvalue weighted by Crippen LogP contribution is 2.33. The van der Waals surface area contributed by atoms with Gasteiger partial charge in [0, 0.05) is 18.7 Å². The van der Waals surface area contributed by atoms with E-state index in [9.17, 15) is 5.11 Å². The predicted octanol–water partition coefficient (Wildman–Crippen LogP) is 1.69. The first kappa shape index (κ1) is 13.1. The van der Waals surface area contributed by atoms with Gasteiger partial charge in [-0.3, -0.25) is 0 Å². The maximum absolute atomic E-state index is 9.85. The Labute approximate surface area is 116 Å². The Morgan fingerprint density at radius 2 is 2.30 bits per heavy atom. The fourth-order valence-corrected chi connectivity index (χ4v) is 2.54. The van der Waals surface area contributed by atoms with Gasteiger partial charge in [0.15, 0.2) is 5.82 Å². The Morgan fingerprint density at radius 1 is 1.40 bits per heavy atom. The lowest BCUT2D eigenvalue weighted by Gasteiger charge is -2.07. The number of hydrogen-bond acceptors (Lipinski definition) is 6. The number of nitrogens with zero attached hydrogens (tertiary/aromatic N) is 3. The first-order valence-electron chi connectivity index (χ1n) is 6.75. The summed E-state index contributed by atoms with van der Waals surface area (Å²) in [5.74, 6) is 1.74. The van der Waals surface area contributed by atoms with Gasteiger partial charge >= 0.3 is 0 Å². The number of pyridine rings is 1. The van der Waals surface area contributed by atoms with Crippen LogP contribution in [0.25, 0.3) is 0 Å². The van der Waals surface area contributed by atoms with Crippen LogP contribution in [0.2, 0.25) is 0 Å².